The maximum atomic E-state index is 13.0. The zero-order chi connectivity index (χ0) is 31.6. The first-order valence-electron chi connectivity index (χ1n) is 12.2. The minimum atomic E-state index is -5.67. The van der Waals surface area contributed by atoms with E-state index in [1.165, 1.54) is 6.20 Å². The number of aliphatic hydroxyl groups excluding tert-OH is 2. The minimum Gasteiger partial charge on any atom is -0.387 e. The van der Waals surface area contributed by atoms with Crippen LogP contribution in [-0.2, 0) is 36.1 Å². The molecule has 0 radical (unpaired) electrons. The Bertz CT molecular complexity index is 1640. The van der Waals surface area contributed by atoms with E-state index in [-0.39, 0.29) is 4.64 Å². The van der Waals surface area contributed by atoms with Crippen molar-refractivity contribution in [3.05, 3.63) is 98.7 Å². The molecule has 0 amide bonds. The Morgan fingerprint density at radius 2 is 1.51 bits per heavy atom. The van der Waals surface area contributed by atoms with Gasteiger partial charge < -0.3 is 29.6 Å². The van der Waals surface area contributed by atoms with Crippen LogP contribution >= 0.6 is 35.7 Å². The summed E-state index contributed by atoms with van der Waals surface area (Å²) in [5, 5.41) is 21.4. The normalized spacial score (nSPS) is 23.6. The number of nitrogens with one attached hydrogen (secondary N) is 1. The number of rotatable bonds is 12. The molecule has 16 nitrogen and oxygen atoms in total. The number of hydrogen-bond acceptors (Lipinski definition) is 12. The predicted molar refractivity (Wildman–Crippen MR) is 150 cm³/mol. The highest BCUT2D eigenvalue weighted by Crippen LogP contribution is 2.68. The summed E-state index contributed by atoms with van der Waals surface area (Å²) in [6.45, 7) is -0.906. The van der Waals surface area contributed by atoms with Crippen LogP contribution in [0.15, 0.2) is 71.7 Å². The van der Waals surface area contributed by atoms with Gasteiger partial charge in [-0.1, -0.05) is 72.9 Å². The van der Waals surface area contributed by atoms with Crippen LogP contribution in [0.25, 0.3) is 0 Å². The topological polar surface area (TPSA) is 236 Å². The van der Waals surface area contributed by atoms with Gasteiger partial charge in [-0.2, -0.15) is 8.62 Å². The number of hydrogen-bond donors (Lipinski definition) is 6. The molecule has 0 aliphatic carbocycles. The van der Waals surface area contributed by atoms with Gasteiger partial charge in [0.2, 0.25) is 0 Å². The highest BCUT2D eigenvalue weighted by molar-refractivity contribution is 7.71. The van der Waals surface area contributed by atoms with E-state index in [1.54, 1.807) is 0 Å². The molecule has 234 valence electrons. The second-order valence-corrected chi connectivity index (χ2v) is 14.3. The number of aromatic amines is 1. The lowest BCUT2D eigenvalue weighted by atomic mass is 9.86. The Labute approximate surface area is 248 Å². The Morgan fingerprint density at radius 1 is 0.953 bits per heavy atom. The van der Waals surface area contributed by atoms with Crippen LogP contribution in [0.1, 0.15) is 28.8 Å². The fourth-order valence-corrected chi connectivity index (χ4v) is 8.01. The zero-order valence-electron chi connectivity index (χ0n) is 22.1. The molecular formula is C23H27N2O14P3S. The first-order chi connectivity index (χ1) is 20.1. The number of phosphoric acid groups is 3. The van der Waals surface area contributed by atoms with Gasteiger partial charge in [0.1, 0.15) is 23.0 Å². The summed E-state index contributed by atoms with van der Waals surface area (Å²) in [5.74, 6) is -0.449. The van der Waals surface area contributed by atoms with E-state index in [4.69, 9.17) is 31.3 Å². The quantitative estimate of drug-likeness (QED) is 0.119. The molecule has 43 heavy (non-hydrogen) atoms. The molecule has 1 aromatic heterocycles. The van der Waals surface area contributed by atoms with E-state index >= 15 is 0 Å². The average Bonchev–Trinajstić information content (AvgIpc) is 3.21. The van der Waals surface area contributed by atoms with Gasteiger partial charge in [0.15, 0.2) is 6.23 Å². The number of aliphatic hydroxyl groups is 2. The van der Waals surface area contributed by atoms with E-state index in [9.17, 15) is 33.6 Å². The van der Waals surface area contributed by atoms with Crippen molar-refractivity contribution in [2.45, 2.75) is 30.5 Å². The summed E-state index contributed by atoms with van der Waals surface area (Å²) in [4.78, 5) is 42.5. The van der Waals surface area contributed by atoms with E-state index in [1.807, 2.05) is 60.7 Å². The van der Waals surface area contributed by atoms with Gasteiger partial charge in [-0.05, 0) is 11.1 Å². The molecule has 1 aliphatic heterocycles. The maximum absolute atomic E-state index is 13.0. The molecule has 0 spiro atoms. The Morgan fingerprint density at radius 3 is 2.02 bits per heavy atom. The molecule has 6 N–H and O–H groups in total. The molecule has 1 fully saturated rings. The lowest BCUT2D eigenvalue weighted by Gasteiger charge is -2.23. The number of benzene rings is 2. The lowest BCUT2D eigenvalue weighted by Crippen LogP contribution is -2.36. The standard InChI is InChI=1S/C23H27N2O14P3S/c1-35-42(34,39-41(32,33)38-40(29,30)31)36-13-17-19(26)20(27)22(37-17)25-12-16(21(43)24-23(25)28)18(14-8-4-2-5-9-14)15-10-6-3-7-11-15/h2-12,17-20,22,26-27H,13H2,1H3,(H,32,33)(H,24,28,43)(H2,29,30,31)/t17-,19-,20-,22-,42?/m1/s1. The molecule has 2 unspecified atom stereocenters. The molecular weight excluding hydrogens is 653 g/mol. The molecule has 4 rings (SSSR count). The summed E-state index contributed by atoms with van der Waals surface area (Å²) in [6.07, 6.45) is -5.12. The van der Waals surface area contributed by atoms with E-state index in [2.05, 4.69) is 18.1 Å². The molecule has 0 bridgehead atoms. The molecule has 20 heteroatoms. The highest BCUT2D eigenvalue weighted by Gasteiger charge is 2.47. The van der Waals surface area contributed by atoms with E-state index in [0.717, 1.165) is 22.8 Å². The van der Waals surface area contributed by atoms with Crippen molar-refractivity contribution in [3.8, 4) is 0 Å². The van der Waals surface area contributed by atoms with Gasteiger partial charge >= 0.3 is 29.2 Å². The van der Waals surface area contributed by atoms with Gasteiger partial charge in [-0.3, -0.25) is 18.6 Å². The Hall–Kier alpha value is -2.17. The van der Waals surface area contributed by atoms with Crippen LogP contribution in [0.2, 0.25) is 0 Å². The van der Waals surface area contributed by atoms with E-state index < -0.39 is 66.2 Å². The number of aromatic nitrogens is 2. The molecule has 0 saturated carbocycles. The van der Waals surface area contributed by atoms with Crippen molar-refractivity contribution in [1.82, 2.24) is 9.55 Å². The van der Waals surface area contributed by atoms with Gasteiger partial charge in [-0.15, -0.1) is 0 Å². The minimum absolute atomic E-state index is 0.121. The predicted octanol–water partition coefficient (Wildman–Crippen LogP) is 2.70. The van der Waals surface area contributed by atoms with Crippen molar-refractivity contribution in [3.63, 3.8) is 0 Å². The summed E-state index contributed by atoms with van der Waals surface area (Å²) >= 11 is 5.50. The van der Waals surface area contributed by atoms with Gasteiger partial charge in [0, 0.05) is 24.8 Å². The summed E-state index contributed by atoms with van der Waals surface area (Å²) in [6, 6.07) is 18.6. The maximum Gasteiger partial charge on any atom is 0.490 e. The number of H-pyrrole nitrogens is 1. The molecule has 2 heterocycles. The van der Waals surface area contributed by atoms with Gasteiger partial charge in [0.25, 0.3) is 0 Å². The molecule has 6 atom stereocenters. The third-order valence-electron chi connectivity index (χ3n) is 6.22. The van der Waals surface area contributed by atoms with Gasteiger partial charge in [-0.25, -0.2) is 18.5 Å². The van der Waals surface area contributed by atoms with Crippen molar-refractivity contribution in [2.24, 2.45) is 0 Å². The monoisotopic (exact) mass is 680 g/mol. The Balaban J connectivity index is 1.61. The van der Waals surface area contributed by atoms with Crippen molar-refractivity contribution in [1.29, 1.82) is 0 Å². The number of phosphoric ester groups is 1. The second-order valence-electron chi connectivity index (χ2n) is 9.10. The number of ether oxygens (including phenoxy) is 1. The SMILES string of the molecule is COP(=O)(OC[C@H]1O[C@@H](n2cc(C(c3ccccc3)c3ccccc3)c(=S)[nH]c2=O)[C@H](O)[C@@H]1O)OP(=O)(O)OP(=O)(O)O. The average molecular weight is 680 g/mol. The van der Waals surface area contributed by atoms with Crippen LogP contribution in [-0.4, -0.2) is 66.5 Å². The van der Waals surface area contributed by atoms with Crippen molar-refractivity contribution in [2.75, 3.05) is 13.7 Å². The summed E-state index contributed by atoms with van der Waals surface area (Å²) < 4.78 is 59.2. The largest absolute Gasteiger partial charge is 0.490 e. The lowest BCUT2D eigenvalue weighted by molar-refractivity contribution is -0.0547. The fourth-order valence-electron chi connectivity index (χ4n) is 4.38. The van der Waals surface area contributed by atoms with Crippen LogP contribution in [0.3, 0.4) is 0 Å². The molecule has 3 aromatic rings. The van der Waals surface area contributed by atoms with Crippen LogP contribution in [0.4, 0.5) is 0 Å². The first kappa shape index (κ1) is 33.7. The van der Waals surface area contributed by atoms with E-state index in [0.29, 0.717) is 5.56 Å². The van der Waals surface area contributed by atoms with Crippen LogP contribution < -0.4 is 5.69 Å². The molecule has 1 aliphatic rings. The smallest absolute Gasteiger partial charge is 0.387 e. The van der Waals surface area contributed by atoms with Crippen LogP contribution in [0.5, 0.6) is 0 Å². The van der Waals surface area contributed by atoms with Crippen molar-refractivity contribution < 1.29 is 61.0 Å². The second kappa shape index (κ2) is 13.4. The fraction of sp³-hybridized carbons (Fsp3) is 0.304. The third-order valence-corrected chi connectivity index (χ3v) is 10.8. The third kappa shape index (κ3) is 8.31. The molecule has 2 aromatic carbocycles. The Kier molecular flexibility index (Phi) is 10.5. The van der Waals surface area contributed by atoms with Crippen molar-refractivity contribution >= 4 is 35.7 Å². The first-order valence-corrected chi connectivity index (χ1v) is 17.1. The van der Waals surface area contributed by atoms with Crippen LogP contribution in [0, 0.1) is 4.64 Å². The zero-order valence-corrected chi connectivity index (χ0v) is 25.6. The molecule has 1 saturated heterocycles. The number of nitrogens with zero attached hydrogens (tertiary/aromatic N) is 1. The van der Waals surface area contributed by atoms with Gasteiger partial charge in [0.05, 0.1) is 6.61 Å². The highest BCUT2D eigenvalue weighted by atomic mass is 32.1. The summed E-state index contributed by atoms with van der Waals surface area (Å²) in [5.41, 5.74) is 1.37. The summed E-state index contributed by atoms with van der Waals surface area (Å²) in [7, 11) is -15.5.